The Morgan fingerprint density at radius 1 is 0.297 bits per heavy atom. The molecule has 376 valence electrons. The molecule has 0 aliphatic heterocycles. The van der Waals surface area contributed by atoms with Crippen molar-refractivity contribution < 1.29 is 28.6 Å². The summed E-state index contributed by atoms with van der Waals surface area (Å²) >= 11 is 0. The average Bonchev–Trinajstić information content (AvgIpc) is 3.29. The number of unbranched alkanes of at least 4 members (excludes halogenated alkanes) is 37. The van der Waals surface area contributed by atoms with Gasteiger partial charge in [0.2, 0.25) is 0 Å². The number of hydrogen-bond donors (Lipinski definition) is 0. The Bertz CT molecular complexity index is 1040. The number of carbonyl (C=O) groups excluding carboxylic acids is 3. The van der Waals surface area contributed by atoms with E-state index >= 15 is 0 Å². The lowest BCUT2D eigenvalue weighted by Gasteiger charge is -2.18. The van der Waals surface area contributed by atoms with Crippen LogP contribution in [0.5, 0.6) is 0 Å². The van der Waals surface area contributed by atoms with Gasteiger partial charge < -0.3 is 14.2 Å². The van der Waals surface area contributed by atoms with E-state index in [1.54, 1.807) is 0 Å². The summed E-state index contributed by atoms with van der Waals surface area (Å²) < 4.78 is 16.9. The molecule has 0 heterocycles. The van der Waals surface area contributed by atoms with E-state index in [9.17, 15) is 14.4 Å². The van der Waals surface area contributed by atoms with E-state index in [-0.39, 0.29) is 31.1 Å². The van der Waals surface area contributed by atoms with Crippen LogP contribution in [0.15, 0.2) is 24.3 Å². The van der Waals surface area contributed by atoms with Gasteiger partial charge in [-0.15, -0.1) is 0 Å². The summed E-state index contributed by atoms with van der Waals surface area (Å²) in [5, 5.41) is 0. The molecule has 0 spiro atoms. The predicted octanol–water partition coefficient (Wildman–Crippen LogP) is 18.7. The van der Waals surface area contributed by atoms with Crippen LogP contribution in [0.25, 0.3) is 0 Å². The summed E-state index contributed by atoms with van der Waals surface area (Å²) in [6.07, 6.45) is 61.6. The van der Waals surface area contributed by atoms with Gasteiger partial charge in [-0.3, -0.25) is 14.4 Å². The Labute approximate surface area is 398 Å². The minimum atomic E-state index is -0.775. The lowest BCUT2D eigenvalue weighted by Crippen LogP contribution is -2.30. The molecule has 0 fully saturated rings. The number of rotatable bonds is 52. The zero-order valence-electron chi connectivity index (χ0n) is 43.1. The second-order valence-corrected chi connectivity index (χ2v) is 19.2. The molecule has 0 amide bonds. The Hall–Kier alpha value is -2.11. The van der Waals surface area contributed by atoms with Crippen LogP contribution in [0.4, 0.5) is 0 Å². The van der Waals surface area contributed by atoms with Crippen LogP contribution in [-0.4, -0.2) is 37.2 Å². The topological polar surface area (TPSA) is 78.9 Å². The molecule has 6 heteroatoms. The summed E-state index contributed by atoms with van der Waals surface area (Å²) in [6.45, 7) is 6.66. The molecule has 1 atom stereocenters. The molecule has 64 heavy (non-hydrogen) atoms. The summed E-state index contributed by atoms with van der Waals surface area (Å²) in [4.78, 5) is 38.1. The van der Waals surface area contributed by atoms with Gasteiger partial charge in [0.25, 0.3) is 0 Å². The van der Waals surface area contributed by atoms with Crippen molar-refractivity contribution in [3.8, 4) is 0 Å². The molecule has 0 N–H and O–H groups in total. The van der Waals surface area contributed by atoms with Gasteiger partial charge in [0, 0.05) is 19.3 Å². The highest BCUT2D eigenvalue weighted by Gasteiger charge is 2.19. The van der Waals surface area contributed by atoms with Crippen molar-refractivity contribution in [2.75, 3.05) is 13.2 Å². The van der Waals surface area contributed by atoms with Gasteiger partial charge in [0.1, 0.15) is 13.2 Å². The average molecular weight is 901 g/mol. The SMILES string of the molecule is CCCCCCCC/C=C\CCCCCCCC(=O)OCC(COC(=O)CCCCCCCCCCCCCCCCCC)OC(=O)CCCCCCC/C=C\CCCCCCCC. The van der Waals surface area contributed by atoms with Crippen LogP contribution in [0, 0.1) is 0 Å². The number of carbonyl (C=O) groups is 3. The predicted molar refractivity (Wildman–Crippen MR) is 275 cm³/mol. The van der Waals surface area contributed by atoms with Crippen molar-refractivity contribution in [2.45, 2.75) is 316 Å². The maximum absolute atomic E-state index is 12.8. The lowest BCUT2D eigenvalue weighted by atomic mass is 10.0. The Morgan fingerprint density at radius 2 is 0.516 bits per heavy atom. The third kappa shape index (κ3) is 50.9. The van der Waals surface area contributed by atoms with Gasteiger partial charge in [-0.1, -0.05) is 244 Å². The Morgan fingerprint density at radius 3 is 0.781 bits per heavy atom. The van der Waals surface area contributed by atoms with Crippen LogP contribution < -0.4 is 0 Å². The van der Waals surface area contributed by atoms with E-state index in [2.05, 4.69) is 45.1 Å². The molecule has 0 radical (unpaired) electrons. The number of allylic oxidation sites excluding steroid dienone is 4. The third-order valence-corrected chi connectivity index (χ3v) is 12.7. The largest absolute Gasteiger partial charge is 0.462 e. The van der Waals surface area contributed by atoms with Gasteiger partial charge in [0.05, 0.1) is 0 Å². The highest BCUT2D eigenvalue weighted by Crippen LogP contribution is 2.16. The molecular weight excluding hydrogens is 793 g/mol. The van der Waals surface area contributed by atoms with Crippen LogP contribution in [0.1, 0.15) is 310 Å². The Balaban J connectivity index is 4.35. The minimum absolute atomic E-state index is 0.0729. The van der Waals surface area contributed by atoms with Crippen molar-refractivity contribution in [3.05, 3.63) is 24.3 Å². The fourth-order valence-electron chi connectivity index (χ4n) is 8.37. The van der Waals surface area contributed by atoms with Crippen LogP contribution in [-0.2, 0) is 28.6 Å². The number of ether oxygens (including phenoxy) is 3. The molecule has 0 aliphatic rings. The fraction of sp³-hybridized carbons (Fsp3) is 0.879. The number of esters is 3. The zero-order valence-corrected chi connectivity index (χ0v) is 43.1. The molecule has 1 unspecified atom stereocenters. The van der Waals surface area contributed by atoms with E-state index in [1.807, 2.05) is 0 Å². The van der Waals surface area contributed by atoms with E-state index in [4.69, 9.17) is 14.2 Å². The maximum atomic E-state index is 12.8. The monoisotopic (exact) mass is 901 g/mol. The Kier molecular flexibility index (Phi) is 51.7. The van der Waals surface area contributed by atoms with E-state index in [0.717, 1.165) is 70.6 Å². The second kappa shape index (κ2) is 53.5. The lowest BCUT2D eigenvalue weighted by molar-refractivity contribution is -0.167. The molecule has 0 aromatic heterocycles. The highest BCUT2D eigenvalue weighted by molar-refractivity contribution is 5.71. The van der Waals surface area contributed by atoms with E-state index in [0.29, 0.717) is 19.3 Å². The second-order valence-electron chi connectivity index (χ2n) is 19.2. The molecule has 0 saturated heterocycles. The smallest absolute Gasteiger partial charge is 0.306 e. The molecule has 0 saturated carbocycles. The van der Waals surface area contributed by atoms with Gasteiger partial charge in [-0.05, 0) is 70.6 Å². The van der Waals surface area contributed by atoms with Crippen LogP contribution in [0.3, 0.4) is 0 Å². The van der Waals surface area contributed by atoms with Crippen molar-refractivity contribution in [3.63, 3.8) is 0 Å². The number of hydrogen-bond acceptors (Lipinski definition) is 6. The van der Waals surface area contributed by atoms with Crippen molar-refractivity contribution in [1.29, 1.82) is 0 Å². The molecular formula is C58H108O6. The summed E-state index contributed by atoms with van der Waals surface area (Å²) in [5.74, 6) is -0.872. The normalized spacial score (nSPS) is 12.1. The van der Waals surface area contributed by atoms with E-state index < -0.39 is 6.10 Å². The third-order valence-electron chi connectivity index (χ3n) is 12.7. The van der Waals surface area contributed by atoms with Crippen LogP contribution >= 0.6 is 0 Å². The molecule has 0 rings (SSSR count). The fourth-order valence-corrected chi connectivity index (χ4v) is 8.37. The molecule has 0 aromatic rings. The van der Waals surface area contributed by atoms with Crippen molar-refractivity contribution in [2.24, 2.45) is 0 Å². The molecule has 0 aromatic carbocycles. The first kappa shape index (κ1) is 61.9. The van der Waals surface area contributed by atoms with Crippen molar-refractivity contribution in [1.82, 2.24) is 0 Å². The first-order valence-corrected chi connectivity index (χ1v) is 28.3. The minimum Gasteiger partial charge on any atom is -0.462 e. The van der Waals surface area contributed by atoms with Gasteiger partial charge in [-0.2, -0.15) is 0 Å². The van der Waals surface area contributed by atoms with Gasteiger partial charge >= 0.3 is 17.9 Å². The molecule has 6 nitrogen and oxygen atoms in total. The summed E-state index contributed by atoms with van der Waals surface area (Å²) in [7, 11) is 0. The standard InChI is InChI=1S/C58H108O6/c1-4-7-10-13-16-19-22-25-28-31-33-36-39-42-45-48-51-57(60)63-54-55(64-58(61)52-49-46-43-40-37-34-30-27-24-21-18-15-12-9-6-3)53-62-56(59)50-47-44-41-38-35-32-29-26-23-20-17-14-11-8-5-2/h26-27,29-30,55H,4-25,28,31-54H2,1-3H3/b29-26-,30-27-. The van der Waals surface area contributed by atoms with Crippen molar-refractivity contribution >= 4 is 17.9 Å². The molecule has 0 aliphatic carbocycles. The maximum Gasteiger partial charge on any atom is 0.306 e. The van der Waals surface area contributed by atoms with Gasteiger partial charge in [0.15, 0.2) is 6.10 Å². The highest BCUT2D eigenvalue weighted by atomic mass is 16.6. The summed E-state index contributed by atoms with van der Waals surface area (Å²) in [5.41, 5.74) is 0. The first-order valence-electron chi connectivity index (χ1n) is 28.3. The zero-order chi connectivity index (χ0) is 46.5. The van der Waals surface area contributed by atoms with Gasteiger partial charge in [-0.25, -0.2) is 0 Å². The van der Waals surface area contributed by atoms with E-state index in [1.165, 1.54) is 199 Å². The van der Waals surface area contributed by atoms with Crippen LogP contribution in [0.2, 0.25) is 0 Å². The quantitative estimate of drug-likeness (QED) is 0.0262. The summed E-state index contributed by atoms with van der Waals surface area (Å²) in [6, 6.07) is 0. The molecule has 0 bridgehead atoms. The first-order chi connectivity index (χ1) is 31.5.